The van der Waals surface area contributed by atoms with Crippen LogP contribution in [0.15, 0.2) is 30.7 Å². The average molecular weight is 285 g/mol. The lowest BCUT2D eigenvalue weighted by Crippen LogP contribution is -2.31. The van der Waals surface area contributed by atoms with Crippen molar-refractivity contribution in [2.75, 3.05) is 13.1 Å². The lowest BCUT2D eigenvalue weighted by Gasteiger charge is -2.32. The zero-order valence-corrected chi connectivity index (χ0v) is 12.7. The van der Waals surface area contributed by atoms with Crippen LogP contribution in [0.5, 0.6) is 0 Å². The average Bonchev–Trinajstić information content (AvgIpc) is 2.92. The van der Waals surface area contributed by atoms with E-state index in [0.29, 0.717) is 23.3 Å². The summed E-state index contributed by atoms with van der Waals surface area (Å²) >= 11 is 0. The number of carbonyl (C=O) groups is 1. The maximum atomic E-state index is 12.2. The van der Waals surface area contributed by atoms with Crippen molar-refractivity contribution >= 4 is 5.91 Å². The second-order valence-corrected chi connectivity index (χ2v) is 6.51. The zero-order valence-electron chi connectivity index (χ0n) is 12.7. The second kappa shape index (κ2) is 5.96. The van der Waals surface area contributed by atoms with Gasteiger partial charge in [0.1, 0.15) is 0 Å². The topological polar surface area (TPSA) is 46.1 Å². The molecule has 1 saturated heterocycles. The number of nitrogens with zero attached hydrogens (tertiary/aromatic N) is 3. The van der Waals surface area contributed by atoms with Crippen molar-refractivity contribution in [2.24, 2.45) is 17.8 Å². The molecule has 2 aliphatic rings. The summed E-state index contributed by atoms with van der Waals surface area (Å²) in [4.78, 5) is 22.7. The molecule has 0 N–H and O–H groups in total. The van der Waals surface area contributed by atoms with Gasteiger partial charge >= 0.3 is 0 Å². The molecule has 0 radical (unpaired) electrons. The molecule has 1 saturated carbocycles. The number of hydrogen-bond acceptors (Lipinski definition) is 3. The molecule has 1 amide bonds. The third-order valence-corrected chi connectivity index (χ3v) is 4.99. The molecule has 3 rings (SSSR count). The Labute approximate surface area is 126 Å². The van der Waals surface area contributed by atoms with Gasteiger partial charge in [-0.15, -0.1) is 0 Å². The van der Waals surface area contributed by atoms with Crippen molar-refractivity contribution in [3.63, 3.8) is 0 Å². The first-order valence-electron chi connectivity index (χ1n) is 7.85. The van der Waals surface area contributed by atoms with Crippen molar-refractivity contribution in [3.8, 4) is 0 Å². The number of likely N-dealkylation sites (tertiary alicyclic amines) is 1. The Bertz CT molecular complexity index is 528. The SMILES string of the molecule is C=C(C)C(=O)N1C[C@H]2CCC[C@H](Cc3cnccn3)[C@H]2C1. The fourth-order valence-electron chi connectivity index (χ4n) is 3.99. The highest BCUT2D eigenvalue weighted by atomic mass is 16.2. The Kier molecular flexibility index (Phi) is 4.04. The van der Waals surface area contributed by atoms with Gasteiger partial charge in [0.2, 0.25) is 5.91 Å². The maximum Gasteiger partial charge on any atom is 0.248 e. The highest BCUT2D eigenvalue weighted by molar-refractivity contribution is 5.92. The van der Waals surface area contributed by atoms with Gasteiger partial charge in [0.05, 0.1) is 5.69 Å². The largest absolute Gasteiger partial charge is 0.338 e. The van der Waals surface area contributed by atoms with Crippen molar-refractivity contribution in [3.05, 3.63) is 36.4 Å². The van der Waals surface area contributed by atoms with Gasteiger partial charge in [0, 0.05) is 37.3 Å². The van der Waals surface area contributed by atoms with Gasteiger partial charge in [-0.25, -0.2) is 0 Å². The van der Waals surface area contributed by atoms with Crippen LogP contribution >= 0.6 is 0 Å². The van der Waals surface area contributed by atoms with E-state index in [1.54, 1.807) is 19.3 Å². The quantitative estimate of drug-likeness (QED) is 0.802. The van der Waals surface area contributed by atoms with Crippen molar-refractivity contribution < 1.29 is 4.79 Å². The second-order valence-electron chi connectivity index (χ2n) is 6.51. The van der Waals surface area contributed by atoms with E-state index in [-0.39, 0.29) is 5.91 Å². The van der Waals surface area contributed by atoms with Crippen LogP contribution < -0.4 is 0 Å². The van der Waals surface area contributed by atoms with Crippen LogP contribution in [-0.4, -0.2) is 33.9 Å². The van der Waals surface area contributed by atoms with E-state index in [2.05, 4.69) is 16.5 Å². The maximum absolute atomic E-state index is 12.2. The molecule has 0 bridgehead atoms. The van der Waals surface area contributed by atoms with Gasteiger partial charge in [-0.1, -0.05) is 13.0 Å². The number of fused-ring (bicyclic) bond motifs is 1. The Morgan fingerprint density at radius 1 is 1.38 bits per heavy atom. The first-order chi connectivity index (χ1) is 10.1. The van der Waals surface area contributed by atoms with Crippen molar-refractivity contribution in [1.29, 1.82) is 0 Å². The molecule has 1 aromatic heterocycles. The highest BCUT2D eigenvalue weighted by Gasteiger charge is 2.41. The van der Waals surface area contributed by atoms with Gasteiger partial charge in [0.25, 0.3) is 0 Å². The molecule has 3 atom stereocenters. The molecule has 4 nitrogen and oxygen atoms in total. The molecule has 0 spiro atoms. The van der Waals surface area contributed by atoms with E-state index in [9.17, 15) is 4.79 Å². The number of rotatable bonds is 3. The van der Waals surface area contributed by atoms with Crippen LogP contribution in [-0.2, 0) is 11.2 Å². The molecule has 0 unspecified atom stereocenters. The minimum atomic E-state index is 0.127. The molecule has 0 aromatic carbocycles. The molecular weight excluding hydrogens is 262 g/mol. The Morgan fingerprint density at radius 3 is 2.95 bits per heavy atom. The number of amides is 1. The first-order valence-corrected chi connectivity index (χ1v) is 7.85. The van der Waals surface area contributed by atoms with E-state index in [1.807, 2.05) is 11.1 Å². The molecule has 1 aliphatic heterocycles. The third kappa shape index (κ3) is 2.99. The van der Waals surface area contributed by atoms with E-state index in [0.717, 1.165) is 25.2 Å². The molecule has 21 heavy (non-hydrogen) atoms. The lowest BCUT2D eigenvalue weighted by molar-refractivity contribution is -0.126. The fraction of sp³-hybridized carbons (Fsp3) is 0.588. The van der Waals surface area contributed by atoms with E-state index in [1.165, 1.54) is 19.3 Å². The van der Waals surface area contributed by atoms with Gasteiger partial charge in [-0.05, 0) is 43.9 Å². The number of carbonyl (C=O) groups excluding carboxylic acids is 1. The van der Waals surface area contributed by atoms with Crippen LogP contribution in [0.25, 0.3) is 0 Å². The molecule has 112 valence electrons. The minimum absolute atomic E-state index is 0.127. The standard InChI is InChI=1S/C17H23N3O/c1-12(2)17(21)20-10-14-5-3-4-13(16(14)11-20)8-15-9-18-6-7-19-15/h6-7,9,13-14,16H,1,3-5,8,10-11H2,2H3/t13-,14-,16-/m1/s1. The van der Waals surface area contributed by atoms with Crippen molar-refractivity contribution in [2.45, 2.75) is 32.6 Å². The summed E-state index contributed by atoms with van der Waals surface area (Å²) in [7, 11) is 0. The first kappa shape index (κ1) is 14.2. The Balaban J connectivity index is 1.70. The predicted octanol–water partition coefficient (Wildman–Crippen LogP) is 2.47. The summed E-state index contributed by atoms with van der Waals surface area (Å²) in [5, 5.41) is 0. The predicted molar refractivity (Wildman–Crippen MR) is 81.5 cm³/mol. The molecule has 2 fully saturated rings. The smallest absolute Gasteiger partial charge is 0.248 e. The van der Waals surface area contributed by atoms with Crippen LogP contribution in [0, 0.1) is 17.8 Å². The Hall–Kier alpha value is -1.71. The van der Waals surface area contributed by atoms with Gasteiger partial charge in [-0.3, -0.25) is 14.8 Å². The van der Waals surface area contributed by atoms with Crippen LogP contribution in [0.2, 0.25) is 0 Å². The summed E-state index contributed by atoms with van der Waals surface area (Å²) < 4.78 is 0. The van der Waals surface area contributed by atoms with E-state index in [4.69, 9.17) is 0 Å². The summed E-state index contributed by atoms with van der Waals surface area (Å²) in [5.74, 6) is 2.03. The third-order valence-electron chi connectivity index (χ3n) is 4.99. The molecule has 4 heteroatoms. The van der Waals surface area contributed by atoms with Gasteiger partial charge in [0.15, 0.2) is 0 Å². The summed E-state index contributed by atoms with van der Waals surface area (Å²) in [6.07, 6.45) is 10.1. The summed E-state index contributed by atoms with van der Waals surface area (Å²) in [5.41, 5.74) is 1.73. The normalized spacial score (nSPS) is 28.2. The minimum Gasteiger partial charge on any atom is -0.338 e. The molecule has 1 aliphatic carbocycles. The molecule has 2 heterocycles. The summed E-state index contributed by atoms with van der Waals surface area (Å²) in [6.45, 7) is 7.40. The lowest BCUT2D eigenvalue weighted by atomic mass is 9.72. The van der Waals surface area contributed by atoms with Crippen LogP contribution in [0.4, 0.5) is 0 Å². The number of hydrogen-bond donors (Lipinski definition) is 0. The van der Waals surface area contributed by atoms with Gasteiger partial charge < -0.3 is 4.90 Å². The fourth-order valence-corrected chi connectivity index (χ4v) is 3.99. The number of aromatic nitrogens is 2. The zero-order chi connectivity index (χ0) is 14.8. The van der Waals surface area contributed by atoms with E-state index < -0.39 is 0 Å². The van der Waals surface area contributed by atoms with Gasteiger partial charge in [-0.2, -0.15) is 0 Å². The Morgan fingerprint density at radius 2 is 2.24 bits per heavy atom. The summed E-state index contributed by atoms with van der Waals surface area (Å²) in [6, 6.07) is 0. The van der Waals surface area contributed by atoms with Crippen LogP contribution in [0.3, 0.4) is 0 Å². The monoisotopic (exact) mass is 285 g/mol. The molecule has 1 aromatic rings. The molecular formula is C17H23N3O. The highest BCUT2D eigenvalue weighted by Crippen LogP contribution is 2.41. The van der Waals surface area contributed by atoms with Crippen LogP contribution in [0.1, 0.15) is 31.9 Å². The van der Waals surface area contributed by atoms with Crippen molar-refractivity contribution in [1.82, 2.24) is 14.9 Å². The van der Waals surface area contributed by atoms with E-state index >= 15 is 0 Å².